The largest absolute Gasteiger partial charge is 0.369 e. The molecule has 4 fully saturated rings. The summed E-state index contributed by atoms with van der Waals surface area (Å²) in [5, 5.41) is 11.8. The van der Waals surface area contributed by atoms with Crippen LogP contribution in [0.2, 0.25) is 0 Å². The van der Waals surface area contributed by atoms with Gasteiger partial charge < -0.3 is 30.3 Å². The molecular formula is C57H70N10O9S3. The summed E-state index contributed by atoms with van der Waals surface area (Å²) in [7, 11) is -10.8. The molecule has 79 heavy (non-hydrogen) atoms. The topological polar surface area (TPSA) is 244 Å². The fraction of sp³-hybridized carbons (Fsp3) is 0.474. The SMILES string of the molecule is CS(=O)(=O)N1CC=C(c2cc3c(N4CCC[C@@H](N5CCCCC5=O)C4)ccc(C(N)=O)c3[nH]2)CC1.Cc1ccc(S(=O)(=O)n2c(C3=CCN(S(C)(=O)=O)CC3)cc3c(N4CCC[C@@H](N5CCCCC5=O)C4)ccc(C#N)c32)cc1. The van der Waals surface area contributed by atoms with Crippen LogP contribution in [0.15, 0.2) is 77.7 Å². The Labute approximate surface area is 463 Å². The maximum atomic E-state index is 14.4. The summed E-state index contributed by atoms with van der Waals surface area (Å²) >= 11 is 0. The zero-order chi connectivity index (χ0) is 56.0. The van der Waals surface area contributed by atoms with Crippen molar-refractivity contribution in [1.82, 2.24) is 27.4 Å². The van der Waals surface area contributed by atoms with Crippen LogP contribution in [0, 0.1) is 18.3 Å². The number of aryl methyl sites for hydroxylation is 1. The van der Waals surface area contributed by atoms with Crippen molar-refractivity contribution in [2.24, 2.45) is 5.73 Å². The molecular weight excluding hydrogens is 1060 g/mol. The van der Waals surface area contributed by atoms with Gasteiger partial charge in [0, 0.05) is 118 Å². The molecule has 22 heteroatoms. The number of likely N-dealkylation sites (tertiary alicyclic amines) is 2. The van der Waals surface area contributed by atoms with Crippen molar-refractivity contribution in [1.29, 1.82) is 5.26 Å². The van der Waals surface area contributed by atoms with E-state index in [1.165, 1.54) is 25.1 Å². The van der Waals surface area contributed by atoms with Gasteiger partial charge >= 0.3 is 0 Å². The number of aromatic amines is 1. The van der Waals surface area contributed by atoms with Crippen LogP contribution in [0.4, 0.5) is 11.4 Å². The predicted molar refractivity (Wildman–Crippen MR) is 307 cm³/mol. The highest BCUT2D eigenvalue weighted by Gasteiger charge is 2.35. The predicted octanol–water partition coefficient (Wildman–Crippen LogP) is 6.39. The Bertz CT molecular complexity index is 3670. The summed E-state index contributed by atoms with van der Waals surface area (Å²) in [4.78, 5) is 49.6. The van der Waals surface area contributed by atoms with Gasteiger partial charge in [-0.2, -0.15) is 13.9 Å². The van der Waals surface area contributed by atoms with Gasteiger partial charge in [-0.05, 0) is 131 Å². The number of H-pyrrole nitrogens is 1. The molecule has 420 valence electrons. The smallest absolute Gasteiger partial charge is 0.268 e. The quantitative estimate of drug-likeness (QED) is 0.146. The average molecular weight is 1140 g/mol. The average Bonchev–Trinajstić information content (AvgIpc) is 4.15. The van der Waals surface area contributed by atoms with E-state index in [0.717, 1.165) is 118 Å². The van der Waals surface area contributed by atoms with Crippen molar-refractivity contribution >= 4 is 92.1 Å². The number of primary amides is 1. The number of nitrogens with two attached hydrogens (primary N) is 1. The Kier molecular flexibility index (Phi) is 15.9. The van der Waals surface area contributed by atoms with E-state index in [-0.39, 0.29) is 47.4 Å². The Morgan fingerprint density at radius 1 is 0.646 bits per heavy atom. The van der Waals surface area contributed by atoms with Gasteiger partial charge in [-0.1, -0.05) is 29.8 Å². The van der Waals surface area contributed by atoms with Crippen LogP contribution in [0.3, 0.4) is 0 Å². The number of rotatable bonds is 11. The number of hydrogen-bond donors (Lipinski definition) is 2. The van der Waals surface area contributed by atoms with E-state index in [1.54, 1.807) is 42.5 Å². The van der Waals surface area contributed by atoms with Crippen LogP contribution >= 0.6 is 0 Å². The molecule has 0 saturated carbocycles. The minimum Gasteiger partial charge on any atom is -0.369 e. The number of amides is 3. The molecule has 5 aromatic rings. The highest BCUT2D eigenvalue weighted by Crippen LogP contribution is 2.41. The monoisotopic (exact) mass is 1130 g/mol. The summed E-state index contributed by atoms with van der Waals surface area (Å²) in [5.41, 5.74) is 13.2. The molecule has 3 amide bonds. The van der Waals surface area contributed by atoms with Gasteiger partial charge in [0.2, 0.25) is 31.9 Å². The third kappa shape index (κ3) is 11.5. The Morgan fingerprint density at radius 2 is 1.19 bits per heavy atom. The number of nitrogens with one attached hydrogen (secondary N) is 1. The second-order valence-electron chi connectivity index (χ2n) is 21.9. The minimum absolute atomic E-state index is 0.0723. The van der Waals surface area contributed by atoms with Crippen molar-refractivity contribution in [2.45, 2.75) is 101 Å². The third-order valence-corrected chi connectivity index (χ3v) is 20.9. The molecule has 2 aromatic heterocycles. The first-order chi connectivity index (χ1) is 37.7. The van der Waals surface area contributed by atoms with Crippen molar-refractivity contribution in [3.05, 3.63) is 101 Å². The summed E-state index contributed by atoms with van der Waals surface area (Å²) in [5.74, 6) is -0.0436. The van der Waals surface area contributed by atoms with Crippen LogP contribution in [-0.2, 0) is 39.7 Å². The fourth-order valence-corrected chi connectivity index (χ4v) is 15.5. The van der Waals surface area contributed by atoms with Crippen molar-refractivity contribution < 1.29 is 39.6 Å². The van der Waals surface area contributed by atoms with Crippen LogP contribution in [0.1, 0.15) is 110 Å². The van der Waals surface area contributed by atoms with Gasteiger partial charge in [0.05, 0.1) is 45.3 Å². The van der Waals surface area contributed by atoms with Crippen molar-refractivity contribution in [3.8, 4) is 6.07 Å². The minimum atomic E-state index is -4.15. The second-order valence-corrected chi connectivity index (χ2v) is 27.6. The molecule has 3 aromatic carbocycles. The molecule has 0 unspecified atom stereocenters. The number of anilines is 2. The zero-order valence-corrected chi connectivity index (χ0v) is 47.6. The number of nitriles is 1. The number of piperidine rings is 4. The molecule has 4 saturated heterocycles. The summed E-state index contributed by atoms with van der Waals surface area (Å²) < 4.78 is 81.1. The fourth-order valence-electron chi connectivity index (χ4n) is 12.4. The zero-order valence-electron chi connectivity index (χ0n) is 45.2. The lowest BCUT2D eigenvalue weighted by molar-refractivity contribution is -0.136. The van der Waals surface area contributed by atoms with E-state index in [4.69, 9.17) is 5.73 Å². The summed E-state index contributed by atoms with van der Waals surface area (Å²) in [6.07, 6.45) is 16.0. The molecule has 6 aliphatic heterocycles. The van der Waals surface area contributed by atoms with E-state index < -0.39 is 36.0 Å². The molecule has 3 N–H and O–H groups in total. The van der Waals surface area contributed by atoms with Gasteiger partial charge in [0.1, 0.15) is 6.07 Å². The number of hydrogen-bond acceptors (Lipinski definition) is 12. The lowest BCUT2D eigenvalue weighted by Crippen LogP contribution is -2.51. The van der Waals surface area contributed by atoms with Crippen LogP contribution in [0.25, 0.3) is 33.0 Å². The van der Waals surface area contributed by atoms with Crippen molar-refractivity contribution in [3.63, 3.8) is 0 Å². The maximum Gasteiger partial charge on any atom is 0.268 e. The number of carbonyl (C=O) groups is 3. The number of nitrogens with zero attached hydrogens (tertiary/aromatic N) is 8. The summed E-state index contributed by atoms with van der Waals surface area (Å²) in [6.45, 7) is 7.62. The first-order valence-electron chi connectivity index (χ1n) is 27.5. The maximum absolute atomic E-state index is 14.4. The number of benzene rings is 3. The summed E-state index contributed by atoms with van der Waals surface area (Å²) in [6, 6.07) is 20.3. The molecule has 19 nitrogen and oxygen atoms in total. The van der Waals surface area contributed by atoms with Gasteiger partial charge in [-0.3, -0.25) is 14.4 Å². The van der Waals surface area contributed by atoms with Gasteiger partial charge in [-0.15, -0.1) is 0 Å². The van der Waals surface area contributed by atoms with Crippen LogP contribution in [0.5, 0.6) is 0 Å². The molecule has 0 bridgehead atoms. The Hall–Kier alpha value is -6.51. The van der Waals surface area contributed by atoms with Crippen LogP contribution < -0.4 is 15.5 Å². The molecule has 0 radical (unpaired) electrons. The number of carbonyl (C=O) groups excluding carboxylic acids is 3. The Morgan fingerprint density at radius 3 is 1.70 bits per heavy atom. The lowest BCUT2D eigenvalue weighted by atomic mass is 9.98. The Balaban J connectivity index is 0.000000183. The highest BCUT2D eigenvalue weighted by atomic mass is 32.2. The number of aromatic nitrogens is 2. The molecule has 8 heterocycles. The van der Waals surface area contributed by atoms with E-state index in [9.17, 15) is 44.9 Å². The van der Waals surface area contributed by atoms with E-state index >= 15 is 0 Å². The standard InChI is InChI=1S/C32H37N5O5S2.C25H33N5O4S/c1-23-8-11-27(12-9-23)44(41,42)37-30(24-14-18-35(19-15-24)43(2,39)40)20-28-29(13-10-25(21-33)32(28)37)34-16-5-6-26(22-34)36-17-4-3-7-31(36)38;1-35(33,34)29-13-9-17(10-14-29)21-15-20-22(8-7-19(25(26)32)24(20)27-21)28-11-4-5-18(16-28)30-12-3-2-6-23(30)31/h8-14,20,26H,3-7,15-19,22H2,1-2H3;7-9,15,18,27H,2-6,10-14,16H2,1H3,(H2,26,32)/t26-;18-/m11/s1. The second kappa shape index (κ2) is 22.6. The first kappa shape index (κ1) is 55.8. The van der Waals surface area contributed by atoms with Gasteiger partial charge in [0.25, 0.3) is 15.9 Å². The first-order valence-corrected chi connectivity index (χ1v) is 32.6. The molecule has 0 aliphatic carbocycles. The van der Waals surface area contributed by atoms with Crippen molar-refractivity contribution in [2.75, 3.05) is 87.8 Å². The van der Waals surface area contributed by atoms with Crippen LogP contribution in [-0.4, -0.2) is 160 Å². The highest BCUT2D eigenvalue weighted by molar-refractivity contribution is 7.90. The van der Waals surface area contributed by atoms with Gasteiger partial charge in [-0.25, -0.2) is 29.2 Å². The van der Waals surface area contributed by atoms with Gasteiger partial charge in [0.15, 0.2) is 0 Å². The number of sulfonamides is 2. The molecule has 6 aliphatic rings. The lowest BCUT2D eigenvalue weighted by Gasteiger charge is -2.42. The molecule has 0 spiro atoms. The van der Waals surface area contributed by atoms with E-state index in [0.29, 0.717) is 78.6 Å². The van der Waals surface area contributed by atoms with E-state index in [2.05, 4.69) is 31.8 Å². The molecule has 2 atom stereocenters. The number of fused-ring (bicyclic) bond motifs is 2. The van der Waals surface area contributed by atoms with E-state index in [1.807, 2.05) is 36.1 Å². The third-order valence-electron chi connectivity index (χ3n) is 16.6. The molecule has 11 rings (SSSR count). The normalized spacial score (nSPS) is 21.4.